The van der Waals surface area contributed by atoms with Crippen molar-refractivity contribution in [1.82, 2.24) is 9.55 Å². The third-order valence-electron chi connectivity index (χ3n) is 5.64. The molecule has 1 N–H and O–H groups in total. The van der Waals surface area contributed by atoms with Crippen LogP contribution in [0.25, 0.3) is 32.5 Å². The molecule has 0 aliphatic rings. The average molecular weight is 534 g/mol. The molecule has 37 heavy (non-hydrogen) atoms. The second-order valence-electron chi connectivity index (χ2n) is 8.00. The van der Waals surface area contributed by atoms with Crippen LogP contribution in [0.4, 0.5) is 9.39 Å². The molecule has 10 heteroatoms. The number of rotatable bonds is 7. The van der Waals surface area contributed by atoms with Crippen molar-refractivity contribution in [2.24, 2.45) is 0 Å². The Bertz CT molecular complexity index is 1660. The van der Waals surface area contributed by atoms with Crippen molar-refractivity contribution in [3.63, 3.8) is 0 Å². The highest BCUT2D eigenvalue weighted by molar-refractivity contribution is 7.17. The molecule has 0 aliphatic carbocycles. The number of thiophene rings is 2. The molecule has 0 saturated heterocycles. The Kier molecular flexibility index (Phi) is 6.93. The highest BCUT2D eigenvalue weighted by atomic mass is 32.1. The van der Waals surface area contributed by atoms with Gasteiger partial charge < -0.3 is 10.1 Å². The van der Waals surface area contributed by atoms with Gasteiger partial charge in [0, 0.05) is 21.9 Å². The monoisotopic (exact) mass is 533 g/mol. The first kappa shape index (κ1) is 24.5. The molecule has 1 amide bonds. The number of aromatic nitrogens is 2. The van der Waals surface area contributed by atoms with Crippen LogP contribution in [-0.4, -0.2) is 28.0 Å². The second kappa shape index (κ2) is 10.5. The number of nitrogens with one attached hydrogen (secondary N) is 1. The van der Waals surface area contributed by atoms with Crippen molar-refractivity contribution < 1.29 is 18.7 Å². The molecule has 2 aromatic carbocycles. The Labute approximate surface area is 218 Å². The van der Waals surface area contributed by atoms with E-state index in [2.05, 4.69) is 10.3 Å². The lowest BCUT2D eigenvalue weighted by molar-refractivity contribution is -0.116. The Balaban J connectivity index is 1.44. The van der Waals surface area contributed by atoms with Crippen molar-refractivity contribution in [3.05, 3.63) is 93.4 Å². The van der Waals surface area contributed by atoms with Crippen LogP contribution in [0.1, 0.15) is 17.3 Å². The van der Waals surface area contributed by atoms with Gasteiger partial charge in [-0.15, -0.1) is 22.7 Å². The van der Waals surface area contributed by atoms with E-state index in [0.29, 0.717) is 31.9 Å². The summed E-state index contributed by atoms with van der Waals surface area (Å²) in [6.07, 6.45) is 1.32. The fraction of sp³-hybridized carbons (Fsp3) is 0.111. The third-order valence-corrected chi connectivity index (χ3v) is 7.42. The van der Waals surface area contributed by atoms with Gasteiger partial charge in [0.2, 0.25) is 5.91 Å². The van der Waals surface area contributed by atoms with Crippen LogP contribution < -0.4 is 10.9 Å². The zero-order valence-corrected chi connectivity index (χ0v) is 21.2. The van der Waals surface area contributed by atoms with E-state index in [1.807, 2.05) is 30.3 Å². The molecule has 0 fully saturated rings. The summed E-state index contributed by atoms with van der Waals surface area (Å²) in [6, 6.07) is 15.2. The minimum atomic E-state index is -0.541. The Hall–Kier alpha value is -4.15. The molecular formula is C27H20FN3O4S2. The van der Waals surface area contributed by atoms with Crippen molar-refractivity contribution in [2.45, 2.75) is 13.5 Å². The van der Waals surface area contributed by atoms with E-state index in [-0.39, 0.29) is 30.1 Å². The van der Waals surface area contributed by atoms with Crippen LogP contribution in [0, 0.1) is 5.82 Å². The number of carbonyl (C=O) groups excluding carboxylic acids is 2. The topological polar surface area (TPSA) is 90.3 Å². The molecule has 186 valence electrons. The predicted molar refractivity (Wildman–Crippen MR) is 144 cm³/mol. The van der Waals surface area contributed by atoms with E-state index in [1.165, 1.54) is 45.7 Å². The first-order chi connectivity index (χ1) is 18.0. The normalized spacial score (nSPS) is 11.0. The van der Waals surface area contributed by atoms with E-state index in [9.17, 15) is 18.8 Å². The number of fused-ring (bicyclic) bond motifs is 1. The summed E-state index contributed by atoms with van der Waals surface area (Å²) in [4.78, 5) is 43.9. The Morgan fingerprint density at radius 3 is 2.43 bits per heavy atom. The van der Waals surface area contributed by atoms with Gasteiger partial charge in [-0.25, -0.2) is 14.2 Å². The maximum Gasteiger partial charge on any atom is 0.341 e. The second-order valence-corrected chi connectivity index (χ2v) is 9.74. The summed E-state index contributed by atoms with van der Waals surface area (Å²) in [5, 5.41) is 7.04. The standard InChI is InChI=1S/C27H20FN3O4S2/c1-2-35-27(34)23-20(16-6-4-3-5-7-16)14-37-25(23)30-21(32)12-31-15-29-24-22(26(31)33)19(13-36-24)17-8-10-18(28)11-9-17/h3-11,13-15H,2,12H2,1H3,(H,30,32). The number of esters is 1. The zero-order chi connectivity index (χ0) is 25.9. The molecule has 5 rings (SSSR count). The van der Waals surface area contributed by atoms with Crippen LogP contribution >= 0.6 is 22.7 Å². The van der Waals surface area contributed by atoms with Gasteiger partial charge in [-0.3, -0.25) is 14.2 Å². The number of anilines is 1. The number of amides is 1. The van der Waals surface area contributed by atoms with Crippen molar-refractivity contribution in [2.75, 3.05) is 11.9 Å². The Morgan fingerprint density at radius 2 is 1.70 bits per heavy atom. The van der Waals surface area contributed by atoms with Crippen LogP contribution in [0.3, 0.4) is 0 Å². The van der Waals surface area contributed by atoms with E-state index in [4.69, 9.17) is 4.74 Å². The molecule has 0 bridgehead atoms. The van der Waals surface area contributed by atoms with Crippen molar-refractivity contribution in [3.8, 4) is 22.3 Å². The van der Waals surface area contributed by atoms with Crippen LogP contribution in [-0.2, 0) is 16.1 Å². The number of halogens is 1. The summed E-state index contributed by atoms with van der Waals surface area (Å²) in [5.74, 6) is -1.41. The lowest BCUT2D eigenvalue weighted by Gasteiger charge is -2.10. The molecule has 7 nitrogen and oxygen atoms in total. The van der Waals surface area contributed by atoms with Crippen LogP contribution in [0.5, 0.6) is 0 Å². The number of ether oxygens (including phenoxy) is 1. The highest BCUT2D eigenvalue weighted by Gasteiger charge is 2.23. The fourth-order valence-corrected chi connectivity index (χ4v) is 5.81. The SMILES string of the molecule is CCOC(=O)c1c(-c2ccccc2)csc1NC(=O)Cn1cnc2scc(-c3ccc(F)cc3)c2c1=O. The molecule has 0 spiro atoms. The number of carbonyl (C=O) groups is 2. The highest BCUT2D eigenvalue weighted by Crippen LogP contribution is 2.36. The van der Waals surface area contributed by atoms with Gasteiger partial charge in [0.1, 0.15) is 27.8 Å². The summed E-state index contributed by atoms with van der Waals surface area (Å²) in [5.41, 5.74) is 2.66. The maximum atomic E-state index is 13.4. The van der Waals surface area contributed by atoms with Crippen molar-refractivity contribution in [1.29, 1.82) is 0 Å². The van der Waals surface area contributed by atoms with Gasteiger partial charge >= 0.3 is 5.97 Å². The van der Waals surface area contributed by atoms with Gasteiger partial charge in [-0.1, -0.05) is 42.5 Å². The predicted octanol–water partition coefficient (Wildman–Crippen LogP) is 5.81. The van der Waals surface area contributed by atoms with Gasteiger partial charge in [0.15, 0.2) is 0 Å². The molecule has 0 atom stereocenters. The molecule has 0 saturated carbocycles. The fourth-order valence-electron chi connectivity index (χ4n) is 3.93. The molecule has 0 aliphatic heterocycles. The number of hydrogen-bond acceptors (Lipinski definition) is 7. The molecular weight excluding hydrogens is 513 g/mol. The largest absolute Gasteiger partial charge is 0.462 e. The molecule has 3 heterocycles. The van der Waals surface area contributed by atoms with Gasteiger partial charge in [-0.05, 0) is 30.2 Å². The molecule has 0 radical (unpaired) electrons. The maximum absolute atomic E-state index is 13.4. The van der Waals surface area contributed by atoms with E-state index < -0.39 is 11.9 Å². The smallest absolute Gasteiger partial charge is 0.341 e. The van der Waals surface area contributed by atoms with Crippen molar-refractivity contribution >= 4 is 49.8 Å². The van der Waals surface area contributed by atoms with E-state index in [0.717, 1.165) is 5.56 Å². The van der Waals surface area contributed by atoms with Gasteiger partial charge in [0.25, 0.3) is 5.56 Å². The summed E-state index contributed by atoms with van der Waals surface area (Å²) in [7, 11) is 0. The third kappa shape index (κ3) is 4.93. The molecule has 5 aromatic rings. The molecule has 3 aromatic heterocycles. The quantitative estimate of drug-likeness (QED) is 0.267. The van der Waals surface area contributed by atoms with E-state index >= 15 is 0 Å². The summed E-state index contributed by atoms with van der Waals surface area (Å²) in [6.45, 7) is 1.60. The first-order valence-corrected chi connectivity index (χ1v) is 13.1. The van der Waals surface area contributed by atoms with Crippen LogP contribution in [0.2, 0.25) is 0 Å². The van der Waals surface area contributed by atoms with Gasteiger partial charge in [0.05, 0.1) is 18.3 Å². The van der Waals surface area contributed by atoms with Gasteiger partial charge in [-0.2, -0.15) is 0 Å². The minimum absolute atomic E-state index is 0.189. The summed E-state index contributed by atoms with van der Waals surface area (Å²) >= 11 is 2.51. The first-order valence-electron chi connectivity index (χ1n) is 11.3. The summed E-state index contributed by atoms with van der Waals surface area (Å²) < 4.78 is 19.8. The van der Waals surface area contributed by atoms with Crippen LogP contribution in [0.15, 0.2) is 76.5 Å². The number of nitrogens with zero attached hydrogens (tertiary/aromatic N) is 2. The number of hydrogen-bond donors (Lipinski definition) is 1. The average Bonchev–Trinajstić information content (AvgIpc) is 3.52. The Morgan fingerprint density at radius 1 is 1.00 bits per heavy atom. The lowest BCUT2D eigenvalue weighted by atomic mass is 10.0. The zero-order valence-electron chi connectivity index (χ0n) is 19.6. The number of benzene rings is 2. The van der Waals surface area contributed by atoms with E-state index in [1.54, 1.807) is 29.8 Å². The lowest BCUT2D eigenvalue weighted by Crippen LogP contribution is -2.28. The minimum Gasteiger partial charge on any atom is -0.462 e. The molecule has 0 unspecified atom stereocenters.